The van der Waals surface area contributed by atoms with Gasteiger partial charge in [0.05, 0.1) is 26.1 Å². The van der Waals surface area contributed by atoms with Crippen LogP contribution in [0.1, 0.15) is 25.3 Å². The van der Waals surface area contributed by atoms with E-state index in [2.05, 4.69) is 15.6 Å². The zero-order chi connectivity index (χ0) is 18.1. The Morgan fingerprint density at radius 3 is 2.56 bits per heavy atom. The van der Waals surface area contributed by atoms with Crippen LogP contribution in [0, 0.1) is 0 Å². The summed E-state index contributed by atoms with van der Waals surface area (Å²) in [5, 5.41) is 6.09. The van der Waals surface area contributed by atoms with Crippen LogP contribution in [0.2, 0.25) is 0 Å². The average Bonchev–Trinajstić information content (AvgIpc) is 2.63. The maximum Gasteiger partial charge on any atom is 0.225 e. The molecular formula is C19H25N3O3. The number of hydrogen-bond donors (Lipinski definition) is 2. The Balaban J connectivity index is 1.84. The Labute approximate surface area is 148 Å². The molecule has 1 amide bonds. The van der Waals surface area contributed by atoms with E-state index in [9.17, 15) is 4.79 Å². The molecule has 1 heterocycles. The topological polar surface area (TPSA) is 72.5 Å². The van der Waals surface area contributed by atoms with Crippen molar-refractivity contribution in [3.05, 3.63) is 42.1 Å². The average molecular weight is 343 g/mol. The minimum atomic E-state index is -0.0100. The molecule has 0 saturated heterocycles. The lowest BCUT2D eigenvalue weighted by atomic mass is 10.1. The van der Waals surface area contributed by atoms with Crippen LogP contribution in [0.4, 0.5) is 11.5 Å². The smallest absolute Gasteiger partial charge is 0.225 e. The van der Waals surface area contributed by atoms with Crippen molar-refractivity contribution in [2.75, 3.05) is 31.4 Å². The number of nitrogens with zero attached hydrogens (tertiary/aromatic N) is 1. The molecule has 6 heteroatoms. The summed E-state index contributed by atoms with van der Waals surface area (Å²) in [5.74, 6) is 2.02. The molecule has 0 aliphatic heterocycles. The van der Waals surface area contributed by atoms with Gasteiger partial charge in [0.1, 0.15) is 5.82 Å². The SMILES string of the molecule is CCCC(=O)Nc1ccc(NCCc2ccc(OC)c(OC)c2)cn1. The van der Waals surface area contributed by atoms with Gasteiger partial charge in [-0.3, -0.25) is 4.79 Å². The largest absolute Gasteiger partial charge is 0.493 e. The van der Waals surface area contributed by atoms with E-state index in [1.54, 1.807) is 26.5 Å². The first kappa shape index (κ1) is 18.6. The number of ether oxygens (including phenoxy) is 2. The lowest BCUT2D eigenvalue weighted by Crippen LogP contribution is -2.12. The number of hydrogen-bond acceptors (Lipinski definition) is 5. The molecule has 1 aromatic carbocycles. The molecule has 0 aliphatic carbocycles. The molecule has 0 atom stereocenters. The van der Waals surface area contributed by atoms with Crippen LogP contribution >= 0.6 is 0 Å². The van der Waals surface area contributed by atoms with Gasteiger partial charge in [-0.1, -0.05) is 13.0 Å². The standard InChI is InChI=1S/C19H25N3O3/c1-4-5-19(23)22-18-9-7-15(13-21-18)20-11-10-14-6-8-16(24-2)17(12-14)25-3/h6-9,12-13,20H,4-5,10-11H2,1-3H3,(H,21,22,23). The highest BCUT2D eigenvalue weighted by atomic mass is 16.5. The maximum atomic E-state index is 11.5. The number of nitrogens with one attached hydrogen (secondary N) is 2. The first-order chi connectivity index (χ1) is 12.2. The molecule has 0 unspecified atom stereocenters. The van der Waals surface area contributed by atoms with E-state index in [1.165, 1.54) is 0 Å². The number of pyridine rings is 1. The molecule has 0 spiro atoms. The van der Waals surface area contributed by atoms with Crippen LogP contribution in [-0.4, -0.2) is 31.7 Å². The fourth-order valence-corrected chi connectivity index (χ4v) is 2.39. The van der Waals surface area contributed by atoms with E-state index < -0.39 is 0 Å². The summed E-state index contributed by atoms with van der Waals surface area (Å²) in [7, 11) is 3.26. The second kappa shape index (κ2) is 9.52. The van der Waals surface area contributed by atoms with E-state index in [4.69, 9.17) is 9.47 Å². The van der Waals surface area contributed by atoms with Gasteiger partial charge >= 0.3 is 0 Å². The Hall–Kier alpha value is -2.76. The van der Waals surface area contributed by atoms with Crippen molar-refractivity contribution in [1.82, 2.24) is 4.98 Å². The highest BCUT2D eigenvalue weighted by molar-refractivity contribution is 5.89. The fraction of sp³-hybridized carbons (Fsp3) is 0.368. The monoisotopic (exact) mass is 343 g/mol. The maximum absolute atomic E-state index is 11.5. The van der Waals surface area contributed by atoms with Crippen molar-refractivity contribution in [3.8, 4) is 11.5 Å². The summed E-state index contributed by atoms with van der Waals surface area (Å²) in [4.78, 5) is 15.8. The number of methoxy groups -OCH3 is 2. The fourth-order valence-electron chi connectivity index (χ4n) is 2.39. The summed E-state index contributed by atoms with van der Waals surface area (Å²) in [6, 6.07) is 9.61. The van der Waals surface area contributed by atoms with E-state index in [0.29, 0.717) is 12.2 Å². The zero-order valence-corrected chi connectivity index (χ0v) is 15.0. The van der Waals surface area contributed by atoms with Crippen molar-refractivity contribution in [2.24, 2.45) is 0 Å². The van der Waals surface area contributed by atoms with Gasteiger partial charge in [-0.15, -0.1) is 0 Å². The Kier molecular flexibility index (Phi) is 7.07. The molecular weight excluding hydrogens is 318 g/mol. The minimum Gasteiger partial charge on any atom is -0.493 e. The number of rotatable bonds is 9. The highest BCUT2D eigenvalue weighted by Gasteiger charge is 2.05. The molecule has 0 bridgehead atoms. The molecule has 0 saturated carbocycles. The number of carbonyl (C=O) groups is 1. The molecule has 25 heavy (non-hydrogen) atoms. The van der Waals surface area contributed by atoms with Gasteiger partial charge in [0.15, 0.2) is 11.5 Å². The van der Waals surface area contributed by atoms with E-state index in [-0.39, 0.29) is 5.91 Å². The predicted molar refractivity (Wildman–Crippen MR) is 99.5 cm³/mol. The van der Waals surface area contributed by atoms with Gasteiger partial charge in [0, 0.05) is 13.0 Å². The molecule has 134 valence electrons. The second-order valence-corrected chi connectivity index (χ2v) is 5.60. The van der Waals surface area contributed by atoms with Crippen LogP contribution in [0.3, 0.4) is 0 Å². The Morgan fingerprint density at radius 1 is 1.12 bits per heavy atom. The van der Waals surface area contributed by atoms with Crippen LogP contribution in [0.15, 0.2) is 36.5 Å². The summed E-state index contributed by atoms with van der Waals surface area (Å²) < 4.78 is 10.6. The second-order valence-electron chi connectivity index (χ2n) is 5.60. The summed E-state index contributed by atoms with van der Waals surface area (Å²) in [6.07, 6.45) is 3.89. The third-order valence-corrected chi connectivity index (χ3v) is 3.70. The molecule has 1 aromatic heterocycles. The van der Waals surface area contributed by atoms with E-state index >= 15 is 0 Å². The number of benzene rings is 1. The molecule has 2 N–H and O–H groups in total. The Bertz CT molecular complexity index is 687. The molecule has 0 fully saturated rings. The molecule has 0 radical (unpaired) electrons. The normalized spacial score (nSPS) is 10.2. The first-order valence-electron chi connectivity index (χ1n) is 8.37. The number of amides is 1. The first-order valence-corrected chi connectivity index (χ1v) is 8.37. The quantitative estimate of drug-likeness (QED) is 0.729. The molecule has 2 aromatic rings. The van der Waals surface area contributed by atoms with Gasteiger partial charge in [-0.2, -0.15) is 0 Å². The summed E-state index contributed by atoms with van der Waals surface area (Å²) in [5.41, 5.74) is 2.07. The van der Waals surface area contributed by atoms with E-state index in [1.807, 2.05) is 31.2 Å². The van der Waals surface area contributed by atoms with E-state index in [0.717, 1.165) is 42.1 Å². The van der Waals surface area contributed by atoms with Crippen LogP contribution < -0.4 is 20.1 Å². The minimum absolute atomic E-state index is 0.0100. The van der Waals surface area contributed by atoms with Crippen molar-refractivity contribution in [1.29, 1.82) is 0 Å². The van der Waals surface area contributed by atoms with Gasteiger partial charge in [-0.05, 0) is 42.7 Å². The van der Waals surface area contributed by atoms with Crippen LogP contribution in [-0.2, 0) is 11.2 Å². The summed E-state index contributed by atoms with van der Waals surface area (Å²) in [6.45, 7) is 2.73. The summed E-state index contributed by atoms with van der Waals surface area (Å²) >= 11 is 0. The van der Waals surface area contributed by atoms with Gasteiger partial charge in [0.25, 0.3) is 0 Å². The number of anilines is 2. The number of aromatic nitrogens is 1. The predicted octanol–water partition coefficient (Wildman–Crippen LogP) is 3.49. The number of carbonyl (C=O) groups excluding carboxylic acids is 1. The van der Waals surface area contributed by atoms with Crippen LogP contribution in [0.5, 0.6) is 11.5 Å². The highest BCUT2D eigenvalue weighted by Crippen LogP contribution is 2.27. The third kappa shape index (κ3) is 5.67. The third-order valence-electron chi connectivity index (χ3n) is 3.70. The van der Waals surface area contributed by atoms with Crippen molar-refractivity contribution in [3.63, 3.8) is 0 Å². The van der Waals surface area contributed by atoms with Crippen LogP contribution in [0.25, 0.3) is 0 Å². The molecule has 2 rings (SSSR count). The zero-order valence-electron chi connectivity index (χ0n) is 15.0. The van der Waals surface area contributed by atoms with Gasteiger partial charge in [-0.25, -0.2) is 4.98 Å². The molecule has 0 aliphatic rings. The van der Waals surface area contributed by atoms with Crippen molar-refractivity contribution in [2.45, 2.75) is 26.2 Å². The Morgan fingerprint density at radius 2 is 1.92 bits per heavy atom. The van der Waals surface area contributed by atoms with Crippen molar-refractivity contribution >= 4 is 17.4 Å². The van der Waals surface area contributed by atoms with Gasteiger partial charge < -0.3 is 20.1 Å². The lowest BCUT2D eigenvalue weighted by molar-refractivity contribution is -0.116. The van der Waals surface area contributed by atoms with Crippen molar-refractivity contribution < 1.29 is 14.3 Å². The lowest BCUT2D eigenvalue weighted by Gasteiger charge is -2.11. The molecule has 6 nitrogen and oxygen atoms in total. The van der Waals surface area contributed by atoms with Gasteiger partial charge in [0.2, 0.25) is 5.91 Å².